The summed E-state index contributed by atoms with van der Waals surface area (Å²) in [4.78, 5) is 39.1. The van der Waals surface area contributed by atoms with E-state index in [2.05, 4.69) is 14.9 Å². The third-order valence-electron chi connectivity index (χ3n) is 2.03. The third kappa shape index (κ3) is 2.45. The van der Waals surface area contributed by atoms with Crippen LogP contribution in [0.3, 0.4) is 0 Å². The number of benzene rings is 1. The normalized spacial score (nSPS) is 10.0. The Bertz CT molecular complexity index is 345. The summed E-state index contributed by atoms with van der Waals surface area (Å²) in [6.45, 7) is 0. The molecule has 6 nitrogen and oxygen atoms in total. The largest absolute Gasteiger partial charge is 0.412 e. The van der Waals surface area contributed by atoms with Gasteiger partial charge in [0.2, 0.25) is 19.2 Å². The van der Waals surface area contributed by atoms with Gasteiger partial charge in [-0.1, -0.05) is 30.3 Å². The fourth-order valence-corrected chi connectivity index (χ4v) is 3.30. The number of hydrogen-bond acceptors (Lipinski definition) is 3. The van der Waals surface area contributed by atoms with E-state index in [0.29, 0.717) is 24.4 Å². The molecule has 0 saturated heterocycles. The topological polar surface area (TPSA) is 87.3 Å². The maximum atomic E-state index is 10.6. The molecule has 3 amide bonds. The lowest BCUT2D eigenvalue weighted by atomic mass is 10.4. The Balaban J connectivity index is 3.13. The van der Waals surface area contributed by atoms with Crippen molar-refractivity contribution in [2.45, 2.75) is 0 Å². The van der Waals surface area contributed by atoms with Crippen LogP contribution in [0.2, 0.25) is 0 Å². The minimum atomic E-state index is -3.03. The van der Waals surface area contributed by atoms with Gasteiger partial charge in [-0.05, 0) is 0 Å². The summed E-state index contributed by atoms with van der Waals surface area (Å²) in [6.07, 6.45) is 1.35. The van der Waals surface area contributed by atoms with Gasteiger partial charge in [-0.3, -0.25) is 14.4 Å². The maximum Gasteiger partial charge on any atom is 0.412 e. The molecule has 7 heteroatoms. The van der Waals surface area contributed by atoms with Gasteiger partial charge in [-0.15, -0.1) is 0 Å². The molecule has 0 spiro atoms. The van der Waals surface area contributed by atoms with Crippen LogP contribution in [0.1, 0.15) is 0 Å². The van der Waals surface area contributed by atoms with E-state index < -0.39 is 8.56 Å². The first-order valence-electron chi connectivity index (χ1n) is 4.48. The predicted molar refractivity (Wildman–Crippen MR) is 59.4 cm³/mol. The molecule has 0 unspecified atom stereocenters. The van der Waals surface area contributed by atoms with Crippen molar-refractivity contribution in [3.05, 3.63) is 30.3 Å². The van der Waals surface area contributed by atoms with E-state index in [0.717, 1.165) is 0 Å². The summed E-state index contributed by atoms with van der Waals surface area (Å²) in [5, 5.41) is 0.668. The number of amides is 3. The highest BCUT2D eigenvalue weighted by Gasteiger charge is 2.37. The summed E-state index contributed by atoms with van der Waals surface area (Å²) >= 11 is 0. The maximum absolute atomic E-state index is 10.6. The Morgan fingerprint density at radius 2 is 1.25 bits per heavy atom. The highest BCUT2D eigenvalue weighted by molar-refractivity contribution is 6.89. The van der Waals surface area contributed by atoms with Crippen molar-refractivity contribution in [1.29, 1.82) is 0 Å². The minimum Gasteiger partial charge on any atom is -0.347 e. The minimum absolute atomic E-state index is 0.451. The molecule has 16 heavy (non-hydrogen) atoms. The van der Waals surface area contributed by atoms with Gasteiger partial charge in [-0.2, -0.15) is 0 Å². The van der Waals surface area contributed by atoms with Gasteiger partial charge in [0.1, 0.15) is 0 Å². The zero-order chi connectivity index (χ0) is 11.9. The molecule has 0 fully saturated rings. The molecule has 0 aliphatic heterocycles. The molecule has 3 N–H and O–H groups in total. The average Bonchev–Trinajstić information content (AvgIpc) is 2.31. The fourth-order valence-electron chi connectivity index (χ4n) is 1.33. The van der Waals surface area contributed by atoms with Crippen LogP contribution in [-0.2, 0) is 14.4 Å². The van der Waals surface area contributed by atoms with Gasteiger partial charge in [0, 0.05) is 5.19 Å². The van der Waals surface area contributed by atoms with E-state index in [1.165, 1.54) is 0 Å². The lowest BCUT2D eigenvalue weighted by molar-refractivity contribution is -0.108. The Hall–Kier alpha value is -2.15. The van der Waals surface area contributed by atoms with Crippen molar-refractivity contribution in [1.82, 2.24) is 14.9 Å². The Morgan fingerprint density at radius 1 is 0.812 bits per heavy atom. The Labute approximate surface area is 93.3 Å². The average molecular weight is 237 g/mol. The molecular weight excluding hydrogens is 226 g/mol. The molecule has 0 saturated carbocycles. The van der Waals surface area contributed by atoms with E-state index in [9.17, 15) is 14.4 Å². The number of carbonyl (C=O) groups is 3. The van der Waals surface area contributed by atoms with Crippen LogP contribution in [0.5, 0.6) is 0 Å². The smallest absolute Gasteiger partial charge is 0.347 e. The van der Waals surface area contributed by atoms with Crippen molar-refractivity contribution >= 4 is 33.0 Å². The number of hydrogen-bond donors (Lipinski definition) is 3. The molecule has 84 valence electrons. The van der Waals surface area contributed by atoms with Crippen molar-refractivity contribution in [3.63, 3.8) is 0 Å². The van der Waals surface area contributed by atoms with Crippen LogP contribution < -0.4 is 20.1 Å². The van der Waals surface area contributed by atoms with Gasteiger partial charge in [-0.25, -0.2) is 0 Å². The van der Waals surface area contributed by atoms with Crippen molar-refractivity contribution in [2.24, 2.45) is 0 Å². The molecule has 1 aromatic carbocycles. The standard InChI is InChI=1S/C9H11N3O3Si/c13-6-10-16(11-7-14,12-8-15)9-4-2-1-3-5-9/h1-8H,(H,10,13)(H,11,14)(H,12,15). The molecule has 1 aromatic rings. The Kier molecular flexibility index (Phi) is 4.22. The molecule has 0 aromatic heterocycles. The molecule has 0 radical (unpaired) electrons. The quantitative estimate of drug-likeness (QED) is 0.381. The molecule has 1 rings (SSSR count). The molecule has 0 aliphatic carbocycles. The van der Waals surface area contributed by atoms with Gasteiger partial charge in [0.05, 0.1) is 0 Å². The van der Waals surface area contributed by atoms with Crippen molar-refractivity contribution < 1.29 is 14.4 Å². The van der Waals surface area contributed by atoms with Gasteiger partial charge < -0.3 is 14.9 Å². The number of rotatable bonds is 7. The first-order valence-corrected chi connectivity index (χ1v) is 6.48. The summed E-state index contributed by atoms with van der Waals surface area (Å²) in [5.74, 6) is 0. The van der Waals surface area contributed by atoms with Crippen molar-refractivity contribution in [2.75, 3.05) is 0 Å². The predicted octanol–water partition coefficient (Wildman–Crippen LogP) is -1.93. The van der Waals surface area contributed by atoms with E-state index in [1.54, 1.807) is 30.3 Å². The first kappa shape index (κ1) is 11.9. The number of nitrogens with one attached hydrogen (secondary N) is 3. The SMILES string of the molecule is O=CN[Si](NC=O)(NC=O)c1ccccc1. The van der Waals surface area contributed by atoms with Gasteiger partial charge in [0.25, 0.3) is 0 Å². The van der Waals surface area contributed by atoms with Crippen LogP contribution in [0.25, 0.3) is 0 Å². The lowest BCUT2D eigenvalue weighted by Gasteiger charge is -2.27. The zero-order valence-electron chi connectivity index (χ0n) is 8.34. The molecule has 0 heterocycles. The van der Waals surface area contributed by atoms with Crippen LogP contribution in [0, 0.1) is 0 Å². The third-order valence-corrected chi connectivity index (χ3v) is 4.89. The second kappa shape index (κ2) is 5.66. The van der Waals surface area contributed by atoms with Crippen molar-refractivity contribution in [3.8, 4) is 0 Å². The van der Waals surface area contributed by atoms with E-state index in [4.69, 9.17) is 0 Å². The monoisotopic (exact) mass is 237 g/mol. The van der Waals surface area contributed by atoms with E-state index in [1.807, 2.05) is 0 Å². The molecule has 0 aliphatic rings. The van der Waals surface area contributed by atoms with Crippen LogP contribution in [0.15, 0.2) is 30.3 Å². The summed E-state index contributed by atoms with van der Waals surface area (Å²) in [5.41, 5.74) is 0. The highest BCUT2D eigenvalue weighted by atomic mass is 28.4. The van der Waals surface area contributed by atoms with Crippen LogP contribution in [-0.4, -0.2) is 27.8 Å². The summed E-state index contributed by atoms with van der Waals surface area (Å²) in [6, 6.07) is 8.74. The molecule has 0 bridgehead atoms. The van der Waals surface area contributed by atoms with Crippen LogP contribution in [0.4, 0.5) is 0 Å². The fraction of sp³-hybridized carbons (Fsp3) is 0. The highest BCUT2D eigenvalue weighted by Crippen LogP contribution is 1.91. The first-order chi connectivity index (χ1) is 7.79. The molecule has 0 atom stereocenters. The van der Waals surface area contributed by atoms with E-state index in [-0.39, 0.29) is 0 Å². The number of carbonyl (C=O) groups excluding carboxylic acids is 3. The van der Waals surface area contributed by atoms with Crippen LogP contribution >= 0.6 is 0 Å². The molecular formula is C9H11N3O3Si. The second-order valence-corrected chi connectivity index (χ2v) is 5.85. The van der Waals surface area contributed by atoms with E-state index >= 15 is 0 Å². The lowest BCUT2D eigenvalue weighted by Crippen LogP contribution is -2.78. The second-order valence-electron chi connectivity index (χ2n) is 2.90. The summed E-state index contributed by atoms with van der Waals surface area (Å²) in [7, 11) is -3.03. The Morgan fingerprint density at radius 3 is 1.62 bits per heavy atom. The summed E-state index contributed by atoms with van der Waals surface area (Å²) < 4.78 is 0. The van der Waals surface area contributed by atoms with Gasteiger partial charge >= 0.3 is 8.56 Å². The van der Waals surface area contributed by atoms with Gasteiger partial charge in [0.15, 0.2) is 0 Å². The zero-order valence-corrected chi connectivity index (χ0v) is 9.34.